The Morgan fingerprint density at radius 3 is 2.31 bits per heavy atom. The molecular weight excluding hydrogens is 401 g/mol. The maximum absolute atomic E-state index is 13.5. The number of benzene rings is 4. The normalized spacial score (nSPS) is 11.8. The number of hydrogen-bond donors (Lipinski definition) is 1. The number of rotatable bonds is 4. The molecule has 0 aliphatic carbocycles. The Morgan fingerprint density at radius 1 is 0.844 bits per heavy atom. The van der Waals surface area contributed by atoms with Gasteiger partial charge in [0.1, 0.15) is 5.82 Å². The number of fused-ring (bicyclic) bond motifs is 1. The number of aromatic nitrogens is 2. The Kier molecular flexibility index (Phi) is 5.00. The van der Waals surface area contributed by atoms with E-state index in [0.717, 1.165) is 22.0 Å². The van der Waals surface area contributed by atoms with Crippen LogP contribution in [0.25, 0.3) is 27.7 Å². The van der Waals surface area contributed by atoms with Gasteiger partial charge in [-0.25, -0.2) is 9.07 Å². The maximum atomic E-state index is 13.5. The van der Waals surface area contributed by atoms with Crippen LogP contribution in [0.1, 0.15) is 12.5 Å². The Bertz CT molecular complexity index is 1490. The first-order valence-corrected chi connectivity index (χ1v) is 10.3. The quantitative estimate of drug-likeness (QED) is 0.342. The summed E-state index contributed by atoms with van der Waals surface area (Å²) in [6.07, 6.45) is 0. The van der Waals surface area contributed by atoms with Crippen LogP contribution in [-0.4, -0.2) is 15.5 Å². The number of hydrogen-bond acceptors (Lipinski definition) is 2. The molecule has 5 heteroatoms. The minimum absolute atomic E-state index is 0.239. The van der Waals surface area contributed by atoms with Crippen molar-refractivity contribution in [2.45, 2.75) is 6.92 Å². The van der Waals surface area contributed by atoms with Crippen molar-refractivity contribution < 1.29 is 4.39 Å². The highest BCUT2D eigenvalue weighted by Crippen LogP contribution is 2.28. The topological polar surface area (TPSA) is 50.1 Å². The average molecular weight is 421 g/mol. The lowest BCUT2D eigenvalue weighted by Crippen LogP contribution is -2.19. The molecule has 1 N–H and O–H groups in total. The summed E-state index contributed by atoms with van der Waals surface area (Å²) in [6.45, 7) is 1.84. The standard InChI is InChI=1S/C27H20FN3O/c1-18(29-24-13-7-11-19-8-5-6-12-23(19)24)25-26(20-9-3-2-4-10-20)30-31(27(25)32)22-16-14-21(28)15-17-22/h2-17,30H,1H3. The van der Waals surface area contributed by atoms with Crippen molar-refractivity contribution in [3.8, 4) is 16.9 Å². The minimum atomic E-state index is -0.356. The van der Waals surface area contributed by atoms with Gasteiger partial charge in [0.2, 0.25) is 0 Å². The zero-order valence-electron chi connectivity index (χ0n) is 17.4. The summed E-state index contributed by atoms with van der Waals surface area (Å²) in [7, 11) is 0. The monoisotopic (exact) mass is 421 g/mol. The van der Waals surface area contributed by atoms with Gasteiger partial charge in [0, 0.05) is 10.9 Å². The first-order valence-electron chi connectivity index (χ1n) is 10.3. The van der Waals surface area contributed by atoms with Crippen molar-refractivity contribution in [2.24, 2.45) is 4.99 Å². The van der Waals surface area contributed by atoms with Crippen molar-refractivity contribution in [1.82, 2.24) is 9.78 Å². The molecule has 0 amide bonds. The molecule has 5 rings (SSSR count). The van der Waals surface area contributed by atoms with E-state index in [1.165, 1.54) is 16.8 Å². The fourth-order valence-corrected chi connectivity index (χ4v) is 3.90. The molecule has 0 atom stereocenters. The van der Waals surface area contributed by atoms with Crippen LogP contribution in [0.3, 0.4) is 0 Å². The van der Waals surface area contributed by atoms with Crippen molar-refractivity contribution in [1.29, 1.82) is 0 Å². The van der Waals surface area contributed by atoms with Gasteiger partial charge in [-0.05, 0) is 42.6 Å². The third kappa shape index (κ3) is 3.54. The van der Waals surface area contributed by atoms with Crippen LogP contribution in [0.5, 0.6) is 0 Å². The third-order valence-electron chi connectivity index (χ3n) is 5.45. The van der Waals surface area contributed by atoms with E-state index in [0.29, 0.717) is 22.7 Å². The SMILES string of the molecule is CC(=Nc1cccc2ccccc12)c1c(-c2ccccc2)[nH]n(-c2ccc(F)cc2)c1=O. The van der Waals surface area contributed by atoms with Gasteiger partial charge in [0.05, 0.1) is 28.3 Å². The molecule has 4 aromatic carbocycles. The highest BCUT2D eigenvalue weighted by atomic mass is 19.1. The molecule has 1 heterocycles. The fourth-order valence-electron chi connectivity index (χ4n) is 3.90. The van der Waals surface area contributed by atoms with Gasteiger partial charge in [-0.15, -0.1) is 0 Å². The lowest BCUT2D eigenvalue weighted by molar-refractivity contribution is 0.627. The zero-order valence-corrected chi connectivity index (χ0v) is 17.4. The smallest absolute Gasteiger partial charge is 0.280 e. The van der Waals surface area contributed by atoms with Crippen LogP contribution in [0, 0.1) is 5.82 Å². The predicted octanol–water partition coefficient (Wildman–Crippen LogP) is 6.27. The van der Waals surface area contributed by atoms with Gasteiger partial charge in [-0.1, -0.05) is 66.7 Å². The summed E-state index contributed by atoms with van der Waals surface area (Å²) in [4.78, 5) is 18.3. The second-order valence-corrected chi connectivity index (χ2v) is 7.54. The molecule has 0 aliphatic heterocycles. The number of nitrogens with zero attached hydrogens (tertiary/aromatic N) is 2. The number of H-pyrrole nitrogens is 1. The lowest BCUT2D eigenvalue weighted by Gasteiger charge is -2.05. The minimum Gasteiger partial charge on any atom is -0.290 e. The summed E-state index contributed by atoms with van der Waals surface area (Å²) >= 11 is 0. The van der Waals surface area contributed by atoms with Crippen molar-refractivity contribution in [3.05, 3.63) is 119 Å². The largest absolute Gasteiger partial charge is 0.290 e. The Hall–Kier alpha value is -4.25. The second-order valence-electron chi connectivity index (χ2n) is 7.54. The van der Waals surface area contributed by atoms with Crippen LogP contribution in [-0.2, 0) is 0 Å². The molecule has 1 aromatic heterocycles. The van der Waals surface area contributed by atoms with Crippen LogP contribution >= 0.6 is 0 Å². The highest BCUT2D eigenvalue weighted by Gasteiger charge is 2.19. The van der Waals surface area contributed by atoms with Gasteiger partial charge in [0.15, 0.2) is 0 Å². The van der Waals surface area contributed by atoms with E-state index in [-0.39, 0.29) is 11.4 Å². The van der Waals surface area contributed by atoms with E-state index >= 15 is 0 Å². The van der Waals surface area contributed by atoms with E-state index in [2.05, 4.69) is 5.10 Å². The molecule has 32 heavy (non-hydrogen) atoms. The molecule has 0 saturated heterocycles. The van der Waals surface area contributed by atoms with Gasteiger partial charge in [-0.2, -0.15) is 0 Å². The van der Waals surface area contributed by atoms with Crippen molar-refractivity contribution >= 4 is 22.2 Å². The van der Waals surface area contributed by atoms with Crippen LogP contribution in [0.15, 0.2) is 107 Å². The van der Waals surface area contributed by atoms with Gasteiger partial charge in [-0.3, -0.25) is 14.9 Å². The van der Waals surface area contributed by atoms with Crippen molar-refractivity contribution in [3.63, 3.8) is 0 Å². The number of aromatic amines is 1. The molecule has 5 aromatic rings. The predicted molar refractivity (Wildman–Crippen MR) is 128 cm³/mol. The Balaban J connectivity index is 1.72. The maximum Gasteiger partial charge on any atom is 0.280 e. The number of aliphatic imine (C=N–C) groups is 1. The summed E-state index contributed by atoms with van der Waals surface area (Å²) in [5.41, 5.74) is 3.73. The number of nitrogens with one attached hydrogen (secondary N) is 1. The van der Waals surface area contributed by atoms with Gasteiger partial charge < -0.3 is 0 Å². The van der Waals surface area contributed by atoms with E-state index in [1.807, 2.05) is 79.7 Å². The second kappa shape index (κ2) is 8.12. The molecule has 4 nitrogen and oxygen atoms in total. The van der Waals surface area contributed by atoms with E-state index < -0.39 is 0 Å². The average Bonchev–Trinajstić information content (AvgIpc) is 3.17. The molecule has 0 radical (unpaired) electrons. The molecule has 0 fully saturated rings. The van der Waals surface area contributed by atoms with E-state index in [4.69, 9.17) is 4.99 Å². The van der Waals surface area contributed by atoms with Crippen LogP contribution in [0.2, 0.25) is 0 Å². The summed E-state index contributed by atoms with van der Waals surface area (Å²) in [5, 5.41) is 5.31. The molecular formula is C27H20FN3O. The molecule has 156 valence electrons. The van der Waals surface area contributed by atoms with E-state index in [1.54, 1.807) is 12.1 Å². The van der Waals surface area contributed by atoms with Gasteiger partial charge in [0.25, 0.3) is 5.56 Å². The highest BCUT2D eigenvalue weighted by molar-refractivity contribution is 6.06. The number of halogens is 1. The fraction of sp³-hybridized carbons (Fsp3) is 0.0370. The zero-order chi connectivity index (χ0) is 22.1. The Morgan fingerprint density at radius 2 is 1.53 bits per heavy atom. The first kappa shape index (κ1) is 19.7. The molecule has 0 saturated carbocycles. The molecule has 0 bridgehead atoms. The van der Waals surface area contributed by atoms with Crippen LogP contribution in [0.4, 0.5) is 10.1 Å². The summed E-state index contributed by atoms with van der Waals surface area (Å²) in [6, 6.07) is 29.4. The van der Waals surface area contributed by atoms with E-state index in [9.17, 15) is 9.18 Å². The molecule has 0 aliphatic rings. The van der Waals surface area contributed by atoms with Crippen molar-refractivity contribution in [2.75, 3.05) is 0 Å². The molecule has 0 unspecified atom stereocenters. The lowest BCUT2D eigenvalue weighted by atomic mass is 10.0. The van der Waals surface area contributed by atoms with Gasteiger partial charge >= 0.3 is 0 Å². The Labute approximate surface area is 184 Å². The molecule has 0 spiro atoms. The summed E-state index contributed by atoms with van der Waals surface area (Å²) < 4.78 is 14.9. The first-order chi connectivity index (χ1) is 15.6. The summed E-state index contributed by atoms with van der Waals surface area (Å²) in [5.74, 6) is -0.356. The third-order valence-corrected chi connectivity index (χ3v) is 5.45. The van der Waals surface area contributed by atoms with Crippen LogP contribution < -0.4 is 5.56 Å².